The van der Waals surface area contributed by atoms with Gasteiger partial charge in [0.2, 0.25) is 0 Å². The van der Waals surface area contributed by atoms with Crippen molar-refractivity contribution in [1.29, 1.82) is 0 Å². The molecule has 11 rings (SSSR count). The Hall–Kier alpha value is -9.54. The fourth-order valence-corrected chi connectivity index (χ4v) is 8.12. The van der Waals surface area contributed by atoms with Crippen molar-refractivity contribution in [2.45, 2.75) is 27.7 Å². The van der Waals surface area contributed by atoms with Crippen molar-refractivity contribution in [3.63, 3.8) is 0 Å². The highest BCUT2D eigenvalue weighted by molar-refractivity contribution is 6.16. The van der Waals surface area contributed by atoms with Crippen LogP contribution in [0.2, 0.25) is 0 Å². The third-order valence-electron chi connectivity index (χ3n) is 11.6. The molecule has 0 fully saturated rings. The van der Waals surface area contributed by atoms with E-state index in [2.05, 4.69) is 24.3 Å². The van der Waals surface area contributed by atoms with Gasteiger partial charge in [-0.3, -0.25) is 28.8 Å². The molecule has 0 bridgehead atoms. The van der Waals surface area contributed by atoms with Crippen molar-refractivity contribution in [3.8, 4) is 45.3 Å². The molecule has 0 amide bonds. The van der Waals surface area contributed by atoms with Gasteiger partial charge in [-0.1, -0.05) is 119 Å². The molecule has 0 aliphatic heterocycles. The largest absolute Gasteiger partial charge is 0.507 e. The molecule has 0 saturated carbocycles. The van der Waals surface area contributed by atoms with Gasteiger partial charge >= 0.3 is 0 Å². The molecule has 356 valence electrons. The number of hydrogen-bond donors (Lipinski definition) is 4. The zero-order valence-electron chi connectivity index (χ0n) is 39.7. The van der Waals surface area contributed by atoms with Crippen molar-refractivity contribution >= 4 is 77.8 Å². The summed E-state index contributed by atoms with van der Waals surface area (Å²) < 4.78 is 0. The lowest BCUT2D eigenvalue weighted by Crippen LogP contribution is -1.97. The Labute approximate surface area is 414 Å². The lowest BCUT2D eigenvalue weighted by atomic mass is 9.91. The van der Waals surface area contributed by atoms with Gasteiger partial charge in [-0.25, -0.2) is 0 Å². The molecular weight excluding hydrogens is 905 g/mol. The SMILES string of the molecule is Cc1ccc2c(-c3c(O)ccc4cc(C)ccc34)c(O)ccc2c1.Cc1ccc2c(-c3c(O)ccc4cc(C)ccc34)c(O)ccc2c1.O=C1C=CC(=O)C=C1.O=C1C=CC(=O)C=C1.O=C1C=CC(=O)C=C1. The van der Waals surface area contributed by atoms with Crippen LogP contribution in [-0.4, -0.2) is 55.1 Å². The second-order valence-corrected chi connectivity index (χ2v) is 17.2. The Bertz CT molecular complexity index is 3150. The predicted octanol–water partition coefficient (Wildman–Crippen LogP) is 12.1. The molecule has 0 atom stereocenters. The topological polar surface area (TPSA) is 183 Å². The monoisotopic (exact) mass is 952 g/mol. The fourth-order valence-electron chi connectivity index (χ4n) is 8.12. The second-order valence-electron chi connectivity index (χ2n) is 17.2. The molecule has 0 unspecified atom stereocenters. The van der Waals surface area contributed by atoms with Crippen molar-refractivity contribution in [2.75, 3.05) is 0 Å². The summed E-state index contributed by atoms with van der Waals surface area (Å²) in [7, 11) is 0. The lowest BCUT2D eigenvalue weighted by Gasteiger charge is -2.14. The highest BCUT2D eigenvalue weighted by atomic mass is 16.3. The van der Waals surface area contributed by atoms with E-state index >= 15 is 0 Å². The summed E-state index contributed by atoms with van der Waals surface area (Å²) in [5.74, 6) is -0.0217. The number of rotatable bonds is 2. The molecule has 0 spiro atoms. The number of fused-ring (bicyclic) bond motifs is 4. The van der Waals surface area contributed by atoms with Gasteiger partial charge in [-0.05, 0) is 168 Å². The first-order valence-electron chi connectivity index (χ1n) is 22.7. The number of benzene rings is 8. The third kappa shape index (κ3) is 12.2. The molecule has 0 radical (unpaired) electrons. The van der Waals surface area contributed by atoms with Gasteiger partial charge in [0.15, 0.2) is 34.7 Å². The van der Waals surface area contributed by atoms with Crippen LogP contribution in [0.5, 0.6) is 23.0 Å². The van der Waals surface area contributed by atoms with Crippen molar-refractivity contribution in [1.82, 2.24) is 0 Å². The first-order chi connectivity index (χ1) is 34.4. The molecule has 4 N–H and O–H groups in total. The minimum absolute atomic E-state index is 0.121. The van der Waals surface area contributed by atoms with E-state index in [0.29, 0.717) is 22.3 Å². The number of hydrogen-bond acceptors (Lipinski definition) is 10. The summed E-state index contributed by atoms with van der Waals surface area (Å²) >= 11 is 0. The molecule has 0 saturated heterocycles. The molecular formula is C62H48O10. The molecule has 8 aromatic carbocycles. The Morgan fingerprint density at radius 2 is 0.403 bits per heavy atom. The minimum Gasteiger partial charge on any atom is -0.507 e. The van der Waals surface area contributed by atoms with E-state index in [4.69, 9.17) is 0 Å². The normalized spacial score (nSPS) is 13.3. The van der Waals surface area contributed by atoms with E-state index in [1.165, 1.54) is 72.9 Å². The third-order valence-corrected chi connectivity index (χ3v) is 11.6. The molecule has 8 aromatic rings. The van der Waals surface area contributed by atoms with Crippen molar-refractivity contribution in [3.05, 3.63) is 216 Å². The maximum atomic E-state index is 10.6. The van der Waals surface area contributed by atoms with Crippen LogP contribution in [0, 0.1) is 27.7 Å². The molecule has 0 aromatic heterocycles. The van der Waals surface area contributed by atoms with Crippen LogP contribution in [-0.2, 0) is 28.8 Å². The van der Waals surface area contributed by atoms with Crippen LogP contribution in [0.25, 0.3) is 65.3 Å². The van der Waals surface area contributed by atoms with Crippen molar-refractivity contribution < 1.29 is 49.2 Å². The maximum absolute atomic E-state index is 10.6. The quantitative estimate of drug-likeness (QED) is 0.122. The van der Waals surface area contributed by atoms with Gasteiger partial charge in [0.1, 0.15) is 23.0 Å². The van der Waals surface area contributed by atoms with Gasteiger partial charge in [0.25, 0.3) is 0 Å². The highest BCUT2D eigenvalue weighted by Gasteiger charge is 2.18. The number of aryl methyl sites for hydroxylation is 4. The average molecular weight is 953 g/mol. The van der Waals surface area contributed by atoms with Gasteiger partial charge < -0.3 is 20.4 Å². The first-order valence-corrected chi connectivity index (χ1v) is 22.7. The van der Waals surface area contributed by atoms with E-state index in [0.717, 1.165) is 65.3 Å². The molecule has 72 heavy (non-hydrogen) atoms. The van der Waals surface area contributed by atoms with Gasteiger partial charge in [0.05, 0.1) is 0 Å². The van der Waals surface area contributed by atoms with Crippen LogP contribution >= 0.6 is 0 Å². The summed E-state index contributed by atoms with van der Waals surface area (Å²) in [5, 5.41) is 50.2. The number of aromatic hydroxyl groups is 4. The summed E-state index contributed by atoms with van der Waals surface area (Å²) in [6.45, 7) is 8.18. The Balaban J connectivity index is 0.000000146. The molecule has 10 heteroatoms. The van der Waals surface area contributed by atoms with E-state index in [9.17, 15) is 49.2 Å². The summed E-state index contributed by atoms with van der Waals surface area (Å²) in [4.78, 5) is 61.7. The zero-order valence-corrected chi connectivity index (χ0v) is 39.7. The molecule has 3 aliphatic rings. The van der Waals surface area contributed by atoms with Gasteiger partial charge in [-0.2, -0.15) is 0 Å². The standard InChI is InChI=1S/2C22H18O2.3C6H4O2/c2*1-13-3-7-17-15(11-13)5-9-19(23)21(17)22-18-8-4-14(2)12-16(18)6-10-20(22)24;3*7-5-1-2-6(8)4-3-5/h2*3-12,23-24H,1-2H3;3*1-4H. The predicted molar refractivity (Wildman–Crippen MR) is 284 cm³/mol. The zero-order chi connectivity index (χ0) is 51.6. The number of carbonyl (C=O) groups excluding carboxylic acids is 6. The number of carbonyl (C=O) groups is 6. The van der Waals surface area contributed by atoms with Crippen LogP contribution < -0.4 is 0 Å². The number of ketones is 6. The highest BCUT2D eigenvalue weighted by Crippen LogP contribution is 2.46. The summed E-state index contributed by atoms with van der Waals surface area (Å²) in [5.41, 5.74) is 7.38. The second kappa shape index (κ2) is 22.3. The van der Waals surface area contributed by atoms with Crippen LogP contribution in [0.4, 0.5) is 0 Å². The molecule has 0 heterocycles. The van der Waals surface area contributed by atoms with Gasteiger partial charge in [0, 0.05) is 22.3 Å². The minimum atomic E-state index is -0.121. The maximum Gasteiger partial charge on any atom is 0.178 e. The lowest BCUT2D eigenvalue weighted by molar-refractivity contribution is -0.113. The number of phenols is 4. The number of phenolic OH excluding ortho intramolecular Hbond substituents is 4. The Morgan fingerprint density at radius 1 is 0.236 bits per heavy atom. The van der Waals surface area contributed by atoms with E-state index < -0.39 is 0 Å². The van der Waals surface area contributed by atoms with E-state index in [1.807, 2.05) is 100 Å². The van der Waals surface area contributed by atoms with Crippen LogP contribution in [0.15, 0.2) is 194 Å². The Morgan fingerprint density at radius 3 is 0.569 bits per heavy atom. The summed E-state index contributed by atoms with van der Waals surface area (Å²) in [6, 6.07) is 38.9. The molecule has 3 aliphatic carbocycles. The average Bonchev–Trinajstić information content (AvgIpc) is 3.36. The van der Waals surface area contributed by atoms with Crippen LogP contribution in [0.3, 0.4) is 0 Å². The fraction of sp³-hybridized carbons (Fsp3) is 0.0645. The van der Waals surface area contributed by atoms with Crippen LogP contribution in [0.1, 0.15) is 22.3 Å². The van der Waals surface area contributed by atoms with E-state index in [1.54, 1.807) is 24.3 Å². The molecule has 10 nitrogen and oxygen atoms in total. The van der Waals surface area contributed by atoms with E-state index in [-0.39, 0.29) is 57.7 Å². The first kappa shape index (κ1) is 50.3. The van der Waals surface area contributed by atoms with Crippen molar-refractivity contribution in [2.24, 2.45) is 0 Å². The summed E-state index contributed by atoms with van der Waals surface area (Å²) in [6.07, 6.45) is 15.0. The van der Waals surface area contributed by atoms with Gasteiger partial charge in [-0.15, -0.1) is 0 Å². The smallest absolute Gasteiger partial charge is 0.178 e. The Kier molecular flexibility index (Phi) is 15.6. The number of allylic oxidation sites excluding steroid dienone is 12.